The second-order valence-corrected chi connectivity index (χ2v) is 11.2. The van der Waals surface area contributed by atoms with E-state index in [0.29, 0.717) is 67.0 Å². The third-order valence-electron chi connectivity index (χ3n) is 7.57. The zero-order valence-corrected chi connectivity index (χ0v) is 25.1. The first-order chi connectivity index (χ1) is 20.1. The van der Waals surface area contributed by atoms with Gasteiger partial charge in [-0.15, -0.1) is 0 Å². The average Bonchev–Trinajstić information content (AvgIpc) is 3.35. The van der Waals surface area contributed by atoms with Gasteiger partial charge in [0, 0.05) is 43.3 Å². The van der Waals surface area contributed by atoms with Crippen LogP contribution in [0.4, 0.5) is 11.5 Å². The maximum absolute atomic E-state index is 13.5. The molecule has 42 heavy (non-hydrogen) atoms. The van der Waals surface area contributed by atoms with Crippen molar-refractivity contribution in [3.8, 4) is 0 Å². The number of furan rings is 1. The van der Waals surface area contributed by atoms with Gasteiger partial charge in [-0.1, -0.05) is 11.6 Å². The molecular weight excluding hydrogens is 562 g/mol. The number of ether oxygens (including phenoxy) is 1. The van der Waals surface area contributed by atoms with Crippen LogP contribution < -0.4 is 10.6 Å². The number of benzene rings is 1. The Morgan fingerprint density at radius 3 is 2.50 bits per heavy atom. The number of hydrogen-bond acceptors (Lipinski definition) is 8. The maximum atomic E-state index is 13.5. The summed E-state index contributed by atoms with van der Waals surface area (Å²) >= 11 is 5.92. The summed E-state index contributed by atoms with van der Waals surface area (Å²) < 4.78 is 11.3. The Hall–Kier alpha value is -3.51. The fourth-order valence-corrected chi connectivity index (χ4v) is 5.24. The number of halogens is 1. The number of rotatable bonds is 11. The number of hydrogen-bond donors (Lipinski definition) is 3. The third-order valence-corrected chi connectivity index (χ3v) is 7.80. The average molecular weight is 600 g/mol. The predicted octanol–water partition coefficient (Wildman–Crippen LogP) is 4.47. The van der Waals surface area contributed by atoms with E-state index in [1.807, 2.05) is 21.0 Å². The highest BCUT2D eigenvalue weighted by Gasteiger charge is 2.32. The van der Waals surface area contributed by atoms with Crippen LogP contribution in [0.15, 0.2) is 40.9 Å². The Morgan fingerprint density at radius 1 is 1.12 bits per heavy atom. The van der Waals surface area contributed by atoms with E-state index in [0.717, 1.165) is 0 Å². The van der Waals surface area contributed by atoms with Gasteiger partial charge < -0.3 is 29.8 Å². The molecule has 226 valence electrons. The molecule has 12 heteroatoms. The number of aliphatic hydroxyl groups excluding tert-OH is 1. The molecule has 3 aromatic rings. The van der Waals surface area contributed by atoms with E-state index in [1.54, 1.807) is 47.2 Å². The fourth-order valence-electron chi connectivity index (χ4n) is 5.13. The van der Waals surface area contributed by atoms with E-state index in [-0.39, 0.29) is 40.9 Å². The third kappa shape index (κ3) is 7.46. The van der Waals surface area contributed by atoms with Gasteiger partial charge in [0.2, 0.25) is 11.7 Å². The van der Waals surface area contributed by atoms with Gasteiger partial charge in [0.05, 0.1) is 11.6 Å². The lowest BCUT2D eigenvalue weighted by Crippen LogP contribution is -2.38. The summed E-state index contributed by atoms with van der Waals surface area (Å²) in [5.41, 5.74) is 0.900. The normalized spacial score (nSPS) is 17.7. The molecule has 1 fully saturated rings. The molecule has 1 aliphatic rings. The number of likely N-dealkylation sites (N-methyl/N-ethyl adjacent to an activating group) is 1. The van der Waals surface area contributed by atoms with Crippen LogP contribution in [0.3, 0.4) is 0 Å². The summed E-state index contributed by atoms with van der Waals surface area (Å²) in [5, 5.41) is 16.9. The van der Waals surface area contributed by atoms with Crippen LogP contribution in [-0.2, 0) is 9.53 Å². The molecule has 11 nitrogen and oxygen atoms in total. The first-order valence-corrected chi connectivity index (χ1v) is 14.4. The number of nitrogens with zero attached hydrogens (tertiary/aromatic N) is 3. The number of carbonyl (C=O) groups is 3. The van der Waals surface area contributed by atoms with E-state index in [4.69, 9.17) is 20.8 Å². The van der Waals surface area contributed by atoms with Crippen LogP contribution >= 0.6 is 11.6 Å². The van der Waals surface area contributed by atoms with Gasteiger partial charge in [-0.2, -0.15) is 0 Å². The first-order valence-electron chi connectivity index (χ1n) is 14.1. The second kappa shape index (κ2) is 14.1. The number of aliphatic hydroxyl groups is 1. The lowest BCUT2D eigenvalue weighted by molar-refractivity contribution is -0.122. The smallest absolute Gasteiger partial charge is 0.294 e. The molecule has 0 spiro atoms. The topological polar surface area (TPSA) is 137 Å². The summed E-state index contributed by atoms with van der Waals surface area (Å²) in [6.45, 7) is 3.26. The van der Waals surface area contributed by atoms with Crippen molar-refractivity contribution in [3.05, 3.63) is 52.9 Å². The van der Waals surface area contributed by atoms with E-state index < -0.39 is 12.1 Å². The Balaban J connectivity index is 1.61. The van der Waals surface area contributed by atoms with Crippen LogP contribution in [0.1, 0.15) is 53.5 Å². The van der Waals surface area contributed by atoms with Gasteiger partial charge in [0.25, 0.3) is 11.8 Å². The second-order valence-electron chi connectivity index (χ2n) is 10.7. The number of aromatic nitrogens is 1. The highest BCUT2D eigenvalue weighted by atomic mass is 35.5. The van der Waals surface area contributed by atoms with Crippen molar-refractivity contribution in [3.63, 3.8) is 0 Å². The van der Waals surface area contributed by atoms with Crippen molar-refractivity contribution in [1.29, 1.82) is 0 Å². The molecule has 2 heterocycles. The van der Waals surface area contributed by atoms with E-state index >= 15 is 0 Å². The molecule has 3 N–H and O–H groups in total. The summed E-state index contributed by atoms with van der Waals surface area (Å²) in [4.78, 5) is 47.4. The summed E-state index contributed by atoms with van der Waals surface area (Å²) in [6, 6.07) is 8.00. The lowest BCUT2D eigenvalue weighted by atomic mass is 9.80. The monoisotopic (exact) mass is 599 g/mol. The summed E-state index contributed by atoms with van der Waals surface area (Å²) in [6.07, 6.45) is 3.44. The molecule has 1 aliphatic carbocycles. The van der Waals surface area contributed by atoms with E-state index in [2.05, 4.69) is 15.6 Å². The molecule has 1 atom stereocenters. The van der Waals surface area contributed by atoms with Gasteiger partial charge in [0.1, 0.15) is 23.3 Å². The highest BCUT2D eigenvalue weighted by Crippen LogP contribution is 2.36. The molecule has 1 saturated carbocycles. The van der Waals surface area contributed by atoms with Gasteiger partial charge in [-0.05, 0) is 83.0 Å². The van der Waals surface area contributed by atoms with Crippen LogP contribution in [0.25, 0.3) is 11.0 Å². The van der Waals surface area contributed by atoms with Crippen molar-refractivity contribution in [2.24, 2.45) is 11.8 Å². The quantitative estimate of drug-likeness (QED) is 0.217. The van der Waals surface area contributed by atoms with E-state index in [9.17, 15) is 19.5 Å². The number of nitrogens with one attached hydrogen (secondary N) is 2. The number of pyridine rings is 1. The minimum atomic E-state index is -0.615. The molecule has 1 unspecified atom stereocenters. The van der Waals surface area contributed by atoms with Crippen LogP contribution in [0, 0.1) is 11.8 Å². The van der Waals surface area contributed by atoms with Gasteiger partial charge in [-0.3, -0.25) is 19.3 Å². The van der Waals surface area contributed by atoms with Crippen molar-refractivity contribution < 1.29 is 28.6 Å². The molecule has 0 saturated heterocycles. The predicted molar refractivity (Wildman–Crippen MR) is 161 cm³/mol. The SMILES string of the molecule is CCOCCN(C)C(=O)c1ccc2oc(C(=O)Nc3ccc(Cl)cn3)c(NC(=O)C3CCC(C(O)N(C)C)CC3)c2c1. The molecule has 1 aromatic carbocycles. The summed E-state index contributed by atoms with van der Waals surface area (Å²) in [7, 11) is 5.34. The Bertz CT molecular complexity index is 1400. The van der Waals surface area contributed by atoms with Crippen molar-refractivity contribution in [2.75, 3.05) is 51.5 Å². The standard InChI is InChI=1S/C30H38ClN5O6/c1-5-41-15-14-36(4)30(40)20-10-12-23-22(16-20)25(26(42-23)28(38)33-24-13-11-21(31)17-32-24)34-27(37)18-6-8-19(9-7-18)29(39)35(2)3/h10-13,16-19,29,39H,5-9,14-15H2,1-4H3,(H,34,37)(H,32,33,38). The molecular formula is C30H38ClN5O6. The minimum absolute atomic E-state index is 0.0836. The highest BCUT2D eigenvalue weighted by molar-refractivity contribution is 6.30. The molecule has 2 aromatic heterocycles. The Kier molecular flexibility index (Phi) is 10.6. The first kappa shape index (κ1) is 31.4. The van der Waals surface area contributed by atoms with Crippen molar-refractivity contribution in [2.45, 2.75) is 38.8 Å². The molecule has 0 aliphatic heterocycles. The van der Waals surface area contributed by atoms with Crippen LogP contribution in [0.5, 0.6) is 0 Å². The zero-order valence-electron chi connectivity index (χ0n) is 24.4. The lowest BCUT2D eigenvalue weighted by Gasteiger charge is -2.33. The number of amides is 3. The Morgan fingerprint density at radius 2 is 1.86 bits per heavy atom. The summed E-state index contributed by atoms with van der Waals surface area (Å²) in [5.74, 6) is -1.17. The largest absolute Gasteiger partial charge is 0.449 e. The Labute approximate surface area is 250 Å². The van der Waals surface area contributed by atoms with Gasteiger partial charge >= 0.3 is 0 Å². The molecule has 0 radical (unpaired) electrons. The maximum Gasteiger partial charge on any atom is 0.294 e. The molecule has 0 bridgehead atoms. The number of anilines is 2. The van der Waals surface area contributed by atoms with Crippen LogP contribution in [-0.4, -0.2) is 84.7 Å². The van der Waals surface area contributed by atoms with Crippen LogP contribution in [0.2, 0.25) is 5.02 Å². The van der Waals surface area contributed by atoms with Crippen molar-refractivity contribution >= 4 is 51.8 Å². The van der Waals surface area contributed by atoms with E-state index in [1.165, 1.54) is 6.20 Å². The van der Waals surface area contributed by atoms with Crippen molar-refractivity contribution in [1.82, 2.24) is 14.8 Å². The molecule has 3 amide bonds. The number of fused-ring (bicyclic) bond motifs is 1. The van der Waals surface area contributed by atoms with Gasteiger partial charge in [-0.25, -0.2) is 4.98 Å². The fraction of sp³-hybridized carbons (Fsp3) is 0.467. The number of carbonyl (C=O) groups excluding carboxylic acids is 3. The molecule has 4 rings (SSSR count). The van der Waals surface area contributed by atoms with Gasteiger partial charge in [0.15, 0.2) is 0 Å². The zero-order chi connectivity index (χ0) is 30.4. The minimum Gasteiger partial charge on any atom is -0.449 e.